The van der Waals surface area contributed by atoms with Crippen molar-refractivity contribution in [3.05, 3.63) is 82.9 Å². The lowest BCUT2D eigenvalue weighted by atomic mass is 9.88. The number of benzene rings is 1. The molecule has 6 rings (SSSR count). The smallest absolute Gasteiger partial charge is 0.283 e. The average molecular weight is 550 g/mol. The van der Waals surface area contributed by atoms with E-state index in [1.807, 2.05) is 41.3 Å². The van der Waals surface area contributed by atoms with E-state index in [1.165, 1.54) is 13.1 Å². The summed E-state index contributed by atoms with van der Waals surface area (Å²) in [5, 5.41) is 4.92. The Morgan fingerprint density at radius 1 is 1.13 bits per heavy atom. The van der Waals surface area contributed by atoms with Gasteiger partial charge in [-0.3, -0.25) is 14.2 Å². The van der Waals surface area contributed by atoms with Crippen LogP contribution >= 0.6 is 27.0 Å². The molecular weight excluding hydrogens is 522 g/mol. The highest BCUT2D eigenvalue weighted by atomic mass is 32.1. The molecule has 0 aliphatic carbocycles. The number of rotatable bonds is 5. The number of fused-ring (bicyclic) bond motifs is 1. The zero-order chi connectivity index (χ0) is 25.0. The third-order valence-corrected chi connectivity index (χ3v) is 6.54. The third-order valence-electron chi connectivity index (χ3n) is 6.54. The second-order valence-corrected chi connectivity index (χ2v) is 8.89. The number of Topliss-reactive ketones (excluding diaryl/α,β-unsaturated/α-hetero) is 1. The van der Waals surface area contributed by atoms with Crippen LogP contribution in [0, 0.1) is 5.92 Å². The van der Waals surface area contributed by atoms with E-state index in [1.54, 1.807) is 27.7 Å². The molecule has 1 saturated heterocycles. The monoisotopic (exact) mass is 549 g/mol. The van der Waals surface area contributed by atoms with Crippen LogP contribution in [0.2, 0.25) is 0 Å². The van der Waals surface area contributed by atoms with Gasteiger partial charge in [0.1, 0.15) is 17.2 Å². The molecule has 11 nitrogen and oxygen atoms in total. The minimum atomic E-state index is -0.329. The molecule has 5 heterocycles. The summed E-state index contributed by atoms with van der Waals surface area (Å²) in [6, 6.07) is 10.9. The average Bonchev–Trinajstić information content (AvgIpc) is 3.53. The molecule has 1 unspecified atom stereocenters. The fraction of sp³-hybridized carbons (Fsp3) is 0.200. The van der Waals surface area contributed by atoms with Gasteiger partial charge in [0.05, 0.1) is 22.9 Å². The molecule has 0 saturated carbocycles. The number of aromatic amines is 1. The summed E-state index contributed by atoms with van der Waals surface area (Å²) in [7, 11) is 0. The van der Waals surface area contributed by atoms with Crippen molar-refractivity contribution in [3.63, 3.8) is 0 Å². The van der Waals surface area contributed by atoms with Crippen molar-refractivity contribution in [3.8, 4) is 17.1 Å². The molecule has 1 aliphatic rings. The Morgan fingerprint density at radius 3 is 2.55 bits per heavy atom. The van der Waals surface area contributed by atoms with E-state index in [0.717, 1.165) is 0 Å². The van der Waals surface area contributed by atoms with Gasteiger partial charge in [0.15, 0.2) is 11.6 Å². The number of anilines is 2. The van der Waals surface area contributed by atoms with Crippen LogP contribution in [0.15, 0.2) is 66.0 Å². The molecule has 0 radical (unpaired) electrons. The molecule has 4 aromatic heterocycles. The number of hydrogen-bond donors (Lipinski definition) is 2. The highest BCUT2D eigenvalue weighted by Gasteiger charge is 2.43. The van der Waals surface area contributed by atoms with Crippen molar-refractivity contribution in [2.75, 3.05) is 17.2 Å². The largest absolute Gasteiger partial charge is 0.368 e. The maximum atomic E-state index is 14.1. The number of nitrogens with one attached hydrogen (secondary N) is 1. The van der Waals surface area contributed by atoms with Crippen molar-refractivity contribution in [1.29, 1.82) is 0 Å². The lowest BCUT2D eigenvalue weighted by Gasteiger charge is -2.47. The van der Waals surface area contributed by atoms with Crippen molar-refractivity contribution in [1.82, 2.24) is 34.1 Å². The molecule has 0 bridgehead atoms. The normalized spacial score (nSPS) is 16.4. The number of nitrogen functional groups attached to an aromatic ring is 1. The first-order chi connectivity index (χ1) is 17.4. The first-order valence-corrected chi connectivity index (χ1v) is 11.5. The Labute approximate surface area is 231 Å². The van der Waals surface area contributed by atoms with Crippen LogP contribution in [0.1, 0.15) is 36.1 Å². The van der Waals surface area contributed by atoms with Crippen molar-refractivity contribution in [2.45, 2.75) is 19.9 Å². The maximum absolute atomic E-state index is 14.1. The number of H-pyrrole nitrogens is 1. The summed E-state index contributed by atoms with van der Waals surface area (Å²) < 4.78 is 3.23. The van der Waals surface area contributed by atoms with E-state index in [9.17, 15) is 9.59 Å². The van der Waals surface area contributed by atoms with Crippen molar-refractivity contribution < 1.29 is 4.79 Å². The van der Waals surface area contributed by atoms with Gasteiger partial charge in [-0.2, -0.15) is 37.1 Å². The molecule has 0 spiro atoms. The number of carbonyl (C=O) groups is 1. The summed E-state index contributed by atoms with van der Waals surface area (Å²) in [5.41, 5.74) is 7.79. The molecule has 5 aromatic rings. The van der Waals surface area contributed by atoms with E-state index in [2.05, 4.69) is 26.9 Å². The third kappa shape index (κ3) is 4.23. The molecule has 1 aromatic carbocycles. The summed E-state index contributed by atoms with van der Waals surface area (Å²) >= 11 is 0. The van der Waals surface area contributed by atoms with Gasteiger partial charge >= 0.3 is 0 Å². The molecule has 3 N–H and O–H groups in total. The first kappa shape index (κ1) is 26.9. The Morgan fingerprint density at radius 2 is 1.89 bits per heavy atom. The molecule has 0 amide bonds. The SMILES string of the molecule is CC(=O)c1cnc(N)nc1N1C[C@H](C)C1c1nn2ccc(-c3ncc[nH]3)c2c(=O)n1-c1ccccc1.S.S. The minimum Gasteiger partial charge on any atom is -0.368 e. The zero-order valence-electron chi connectivity index (χ0n) is 20.7. The van der Waals surface area contributed by atoms with Gasteiger partial charge in [-0.1, -0.05) is 25.1 Å². The number of carbonyl (C=O) groups excluding carboxylic acids is 1. The van der Waals surface area contributed by atoms with Crippen LogP contribution in [0.3, 0.4) is 0 Å². The van der Waals surface area contributed by atoms with Gasteiger partial charge < -0.3 is 15.6 Å². The number of nitrogens with two attached hydrogens (primary N) is 1. The van der Waals surface area contributed by atoms with E-state index < -0.39 is 0 Å². The first-order valence-electron chi connectivity index (χ1n) is 11.5. The van der Waals surface area contributed by atoms with Crippen LogP contribution in [0.4, 0.5) is 11.8 Å². The molecule has 2 atom stereocenters. The topological polar surface area (TPSA) is 140 Å². The highest BCUT2D eigenvalue weighted by molar-refractivity contribution is 7.59. The molecule has 1 fully saturated rings. The second kappa shape index (κ2) is 10.3. The van der Waals surface area contributed by atoms with Crippen molar-refractivity contribution in [2.24, 2.45) is 5.92 Å². The Bertz CT molecular complexity index is 1670. The zero-order valence-corrected chi connectivity index (χ0v) is 22.7. The van der Waals surface area contributed by atoms with E-state index in [0.29, 0.717) is 46.3 Å². The lowest BCUT2D eigenvalue weighted by molar-refractivity contribution is 0.101. The van der Waals surface area contributed by atoms with E-state index in [-0.39, 0.29) is 56.2 Å². The number of imidazole rings is 1. The number of hydrogen-bond acceptors (Lipinski definition) is 8. The number of para-hydroxylation sites is 1. The summed E-state index contributed by atoms with van der Waals surface area (Å²) in [4.78, 5) is 44.2. The molecule has 1 aliphatic heterocycles. The van der Waals surface area contributed by atoms with Gasteiger partial charge in [-0.15, -0.1) is 0 Å². The second-order valence-electron chi connectivity index (χ2n) is 8.89. The van der Waals surface area contributed by atoms with Crippen LogP contribution in [0.5, 0.6) is 0 Å². The molecular formula is C25H27N9O2S2. The maximum Gasteiger partial charge on any atom is 0.283 e. The predicted molar refractivity (Wildman–Crippen MR) is 155 cm³/mol. The minimum absolute atomic E-state index is 0. The van der Waals surface area contributed by atoms with Gasteiger partial charge in [0.2, 0.25) is 5.95 Å². The molecule has 38 heavy (non-hydrogen) atoms. The number of nitrogens with zero attached hydrogens (tertiary/aromatic N) is 7. The standard InChI is InChI=1S/C25H23N9O2.2H2S/c1-14-13-32(22-18(15(2)35)12-29-25(26)30-22)19(14)23-31-33-11-8-17(21-27-9-10-28-21)20(33)24(36)34(23)16-6-4-3-5-7-16;;/h3-12,14,19H,13H2,1-2H3,(H,27,28)(H2,26,29,30);2*1H2/t14-,19?;;/m0../s1. The van der Waals surface area contributed by atoms with Gasteiger partial charge in [-0.05, 0) is 25.1 Å². The number of ketones is 1. The van der Waals surface area contributed by atoms with E-state index in [4.69, 9.17) is 10.8 Å². The summed E-state index contributed by atoms with van der Waals surface area (Å²) in [6.07, 6.45) is 6.56. The number of aromatic nitrogens is 7. The molecule has 13 heteroatoms. The van der Waals surface area contributed by atoms with Crippen LogP contribution in [-0.2, 0) is 0 Å². The van der Waals surface area contributed by atoms with Crippen molar-refractivity contribution >= 4 is 50.1 Å². The predicted octanol–water partition coefficient (Wildman–Crippen LogP) is 2.87. The van der Waals surface area contributed by atoms with Crippen LogP contribution in [0.25, 0.3) is 22.6 Å². The van der Waals surface area contributed by atoms with Gasteiger partial charge in [-0.25, -0.2) is 14.5 Å². The van der Waals surface area contributed by atoms with Gasteiger partial charge in [0.25, 0.3) is 5.56 Å². The fourth-order valence-electron chi connectivity index (χ4n) is 4.86. The Kier molecular flexibility index (Phi) is 7.33. The summed E-state index contributed by atoms with van der Waals surface area (Å²) in [5.74, 6) is 1.60. The fourth-order valence-corrected chi connectivity index (χ4v) is 4.86. The summed E-state index contributed by atoms with van der Waals surface area (Å²) in [6.45, 7) is 4.17. The Balaban J connectivity index is 0.00000168. The Hall–Kier alpha value is -4.10. The lowest BCUT2D eigenvalue weighted by Crippen LogP contribution is -2.52. The van der Waals surface area contributed by atoms with E-state index >= 15 is 0 Å². The van der Waals surface area contributed by atoms with Crippen LogP contribution < -0.4 is 16.2 Å². The highest BCUT2D eigenvalue weighted by Crippen LogP contribution is 2.42. The van der Waals surface area contributed by atoms with Crippen LogP contribution in [-0.4, -0.2) is 46.4 Å². The van der Waals surface area contributed by atoms with Gasteiger partial charge in [0, 0.05) is 37.3 Å². The quantitative estimate of drug-likeness (QED) is 0.319. The molecule has 196 valence electrons.